The normalized spacial score (nSPS) is 17.7. The number of carbonyl (C=O) groups excluding carboxylic acids is 1. The molecule has 2 rings (SSSR count). The topological polar surface area (TPSA) is 75.3 Å². The Morgan fingerprint density at radius 2 is 2.00 bits per heavy atom. The van der Waals surface area contributed by atoms with Gasteiger partial charge in [0.1, 0.15) is 9.23 Å². The average Bonchev–Trinajstić information content (AvgIpc) is 2.86. The van der Waals surface area contributed by atoms with Crippen LogP contribution in [-0.2, 0) is 14.8 Å². The van der Waals surface area contributed by atoms with Gasteiger partial charge in [0.2, 0.25) is 15.9 Å². The van der Waals surface area contributed by atoms with Crippen LogP contribution in [0.3, 0.4) is 0 Å². The molecule has 1 aromatic heterocycles. The lowest BCUT2D eigenvalue weighted by Crippen LogP contribution is -2.56. The molecule has 1 aliphatic carbocycles. The van der Waals surface area contributed by atoms with Gasteiger partial charge < -0.3 is 5.32 Å². The van der Waals surface area contributed by atoms with E-state index in [1.807, 2.05) is 0 Å². The standard InChI is InChI=1S/C14H18Cl2N2O3S2/c1-2-12(19)18-14(6-4-3-5-7-14)9-17-23(20,21)10-8-11(15)22-13(10)16/h2,8,17H,1,3-7,9H2,(H,18,19). The first-order chi connectivity index (χ1) is 10.8. The van der Waals surface area contributed by atoms with Crippen molar-refractivity contribution in [2.24, 2.45) is 0 Å². The van der Waals surface area contributed by atoms with E-state index in [0.29, 0.717) is 17.2 Å². The third-order valence-electron chi connectivity index (χ3n) is 3.90. The van der Waals surface area contributed by atoms with Crippen molar-refractivity contribution >= 4 is 50.5 Å². The second kappa shape index (κ2) is 7.53. The second-order valence-electron chi connectivity index (χ2n) is 5.55. The van der Waals surface area contributed by atoms with Gasteiger partial charge >= 0.3 is 0 Å². The molecular formula is C14H18Cl2N2O3S2. The summed E-state index contributed by atoms with van der Waals surface area (Å²) in [5, 5.41) is 2.89. The molecule has 0 spiro atoms. The van der Waals surface area contributed by atoms with Crippen LogP contribution >= 0.6 is 34.5 Å². The van der Waals surface area contributed by atoms with Gasteiger partial charge in [-0.25, -0.2) is 13.1 Å². The van der Waals surface area contributed by atoms with Gasteiger partial charge in [-0.3, -0.25) is 4.79 Å². The zero-order valence-corrected chi connectivity index (χ0v) is 15.5. The highest BCUT2D eigenvalue weighted by atomic mass is 35.5. The summed E-state index contributed by atoms with van der Waals surface area (Å²) >= 11 is 12.7. The Kier molecular flexibility index (Phi) is 6.13. The number of hydrogen-bond acceptors (Lipinski definition) is 4. The van der Waals surface area contributed by atoms with Gasteiger partial charge in [-0.2, -0.15) is 0 Å². The van der Waals surface area contributed by atoms with E-state index in [9.17, 15) is 13.2 Å². The summed E-state index contributed by atoms with van der Waals surface area (Å²) in [5.74, 6) is -0.303. The highest BCUT2D eigenvalue weighted by Crippen LogP contribution is 2.34. The Morgan fingerprint density at radius 1 is 1.35 bits per heavy atom. The molecule has 0 bridgehead atoms. The van der Waals surface area contributed by atoms with Crippen LogP contribution in [0.25, 0.3) is 0 Å². The Morgan fingerprint density at radius 3 is 2.52 bits per heavy atom. The Bertz CT molecular complexity index is 695. The average molecular weight is 397 g/mol. The molecule has 9 heteroatoms. The molecule has 23 heavy (non-hydrogen) atoms. The van der Waals surface area contributed by atoms with Crippen molar-refractivity contribution in [3.8, 4) is 0 Å². The summed E-state index contributed by atoms with van der Waals surface area (Å²) in [6, 6.07) is 1.33. The molecule has 0 saturated heterocycles. The first kappa shape index (κ1) is 18.7. The minimum atomic E-state index is -3.78. The van der Waals surface area contributed by atoms with Gasteiger partial charge in [0.25, 0.3) is 0 Å². The molecule has 128 valence electrons. The summed E-state index contributed by atoms with van der Waals surface area (Å²) in [5.41, 5.74) is -0.594. The fourth-order valence-corrected chi connectivity index (χ4v) is 5.98. The van der Waals surface area contributed by atoms with E-state index >= 15 is 0 Å². The van der Waals surface area contributed by atoms with Gasteiger partial charge in [-0.05, 0) is 25.0 Å². The van der Waals surface area contributed by atoms with Crippen LogP contribution in [-0.4, -0.2) is 26.4 Å². The molecule has 2 N–H and O–H groups in total. The van der Waals surface area contributed by atoms with E-state index < -0.39 is 15.6 Å². The molecule has 1 heterocycles. The molecule has 0 aromatic carbocycles. The quantitative estimate of drug-likeness (QED) is 0.723. The molecule has 0 unspecified atom stereocenters. The summed E-state index contributed by atoms with van der Waals surface area (Å²) < 4.78 is 27.8. The highest BCUT2D eigenvalue weighted by Gasteiger charge is 2.35. The zero-order valence-electron chi connectivity index (χ0n) is 12.4. The number of thiophene rings is 1. The molecule has 1 fully saturated rings. The van der Waals surface area contributed by atoms with Crippen LogP contribution in [0.5, 0.6) is 0 Å². The number of nitrogens with one attached hydrogen (secondary N) is 2. The molecule has 5 nitrogen and oxygen atoms in total. The minimum Gasteiger partial charge on any atom is -0.346 e. The largest absolute Gasteiger partial charge is 0.346 e. The number of rotatable bonds is 6. The second-order valence-corrected chi connectivity index (χ2v) is 9.57. The maximum atomic E-state index is 12.4. The molecule has 0 radical (unpaired) electrons. The highest BCUT2D eigenvalue weighted by molar-refractivity contribution is 7.89. The number of carbonyl (C=O) groups is 1. The van der Waals surface area contributed by atoms with Crippen LogP contribution < -0.4 is 10.0 Å². The maximum absolute atomic E-state index is 12.4. The predicted molar refractivity (Wildman–Crippen MR) is 93.7 cm³/mol. The van der Waals surface area contributed by atoms with Crippen LogP contribution in [0.4, 0.5) is 0 Å². The lowest BCUT2D eigenvalue weighted by molar-refractivity contribution is -0.118. The molecule has 1 aliphatic rings. The lowest BCUT2D eigenvalue weighted by atomic mass is 9.81. The number of amides is 1. The number of sulfonamides is 1. The molecule has 1 amide bonds. The van der Waals surface area contributed by atoms with Crippen molar-refractivity contribution in [1.82, 2.24) is 10.0 Å². The fraction of sp³-hybridized carbons (Fsp3) is 0.500. The summed E-state index contributed by atoms with van der Waals surface area (Å²) in [7, 11) is -3.78. The third kappa shape index (κ3) is 4.70. The first-order valence-corrected chi connectivity index (χ1v) is 10.2. The van der Waals surface area contributed by atoms with Crippen LogP contribution in [0.15, 0.2) is 23.6 Å². The maximum Gasteiger partial charge on any atom is 0.243 e. The molecule has 0 aliphatic heterocycles. The van der Waals surface area contributed by atoms with Crippen molar-refractivity contribution in [3.05, 3.63) is 27.4 Å². The Balaban J connectivity index is 2.15. The Hall–Kier alpha value is -0.600. The van der Waals surface area contributed by atoms with Crippen molar-refractivity contribution in [2.75, 3.05) is 6.54 Å². The SMILES string of the molecule is C=CC(=O)NC1(CNS(=O)(=O)c2cc(Cl)sc2Cl)CCCCC1. The predicted octanol–water partition coefficient (Wildman–Crippen LogP) is 3.34. The summed E-state index contributed by atoms with van der Waals surface area (Å²) in [6.45, 7) is 3.56. The van der Waals surface area contributed by atoms with Crippen LogP contribution in [0.2, 0.25) is 8.67 Å². The number of hydrogen-bond donors (Lipinski definition) is 2. The van der Waals surface area contributed by atoms with E-state index in [4.69, 9.17) is 23.2 Å². The van der Waals surface area contributed by atoms with E-state index in [-0.39, 0.29) is 21.7 Å². The monoisotopic (exact) mass is 396 g/mol. The first-order valence-electron chi connectivity index (χ1n) is 7.17. The molecule has 1 saturated carbocycles. The van der Waals surface area contributed by atoms with Crippen LogP contribution in [0.1, 0.15) is 32.1 Å². The van der Waals surface area contributed by atoms with Gasteiger partial charge in [0, 0.05) is 6.54 Å². The van der Waals surface area contributed by atoms with E-state index in [0.717, 1.165) is 30.6 Å². The van der Waals surface area contributed by atoms with Crippen LogP contribution in [0, 0.1) is 0 Å². The summed E-state index contributed by atoms with van der Waals surface area (Å²) in [6.07, 6.45) is 5.57. The fourth-order valence-electron chi connectivity index (χ4n) is 2.71. The van der Waals surface area contributed by atoms with E-state index in [2.05, 4.69) is 16.6 Å². The molecule has 0 atom stereocenters. The Labute approximate surface area is 150 Å². The zero-order chi connectivity index (χ0) is 17.1. The van der Waals surface area contributed by atoms with E-state index in [1.165, 1.54) is 12.1 Å². The smallest absolute Gasteiger partial charge is 0.243 e. The van der Waals surface area contributed by atoms with E-state index in [1.54, 1.807) is 0 Å². The van der Waals surface area contributed by atoms with Crippen molar-refractivity contribution in [3.63, 3.8) is 0 Å². The minimum absolute atomic E-state index is 0.0322. The third-order valence-corrected chi connectivity index (χ3v) is 7.05. The van der Waals surface area contributed by atoms with Gasteiger partial charge in [-0.1, -0.05) is 49.0 Å². The molecular weight excluding hydrogens is 379 g/mol. The van der Waals surface area contributed by atoms with Gasteiger partial charge in [0.15, 0.2) is 0 Å². The number of halogens is 2. The summed E-state index contributed by atoms with van der Waals surface area (Å²) in [4.78, 5) is 11.7. The van der Waals surface area contributed by atoms with Crippen molar-refractivity contribution < 1.29 is 13.2 Å². The van der Waals surface area contributed by atoms with Gasteiger partial charge in [-0.15, -0.1) is 11.3 Å². The van der Waals surface area contributed by atoms with Gasteiger partial charge in [0.05, 0.1) is 9.88 Å². The van der Waals surface area contributed by atoms with Crippen molar-refractivity contribution in [2.45, 2.75) is 42.5 Å². The molecule has 1 aromatic rings. The van der Waals surface area contributed by atoms with Crippen molar-refractivity contribution in [1.29, 1.82) is 0 Å². The lowest BCUT2D eigenvalue weighted by Gasteiger charge is -2.38.